The molecule has 4 rings (SSSR count). The number of anilines is 1. The molecule has 0 saturated carbocycles. The van der Waals surface area contributed by atoms with Crippen molar-refractivity contribution in [2.75, 3.05) is 51.8 Å². The maximum Gasteiger partial charge on any atom is 0.279 e. The van der Waals surface area contributed by atoms with Crippen LogP contribution in [0.5, 0.6) is 11.5 Å². The summed E-state index contributed by atoms with van der Waals surface area (Å²) in [6.07, 6.45) is 1.03. The van der Waals surface area contributed by atoms with Gasteiger partial charge >= 0.3 is 0 Å². The molecule has 2 heterocycles. The topological polar surface area (TPSA) is 56.4 Å². The molecule has 0 atom stereocenters. The summed E-state index contributed by atoms with van der Waals surface area (Å²) < 4.78 is 10.9. The van der Waals surface area contributed by atoms with Crippen LogP contribution in [-0.4, -0.2) is 52.3 Å². The van der Waals surface area contributed by atoms with E-state index in [1.807, 2.05) is 24.3 Å². The number of hydrogen-bond acceptors (Lipinski definition) is 3. The van der Waals surface area contributed by atoms with Gasteiger partial charge in [-0.1, -0.05) is 12.1 Å². The Balaban J connectivity index is 1.24. The Labute approximate surface area is 166 Å². The molecule has 1 fully saturated rings. The molecule has 0 aromatic heterocycles. The Bertz CT molecular complexity index is 832. The maximum absolute atomic E-state index is 12.4. The molecule has 2 aliphatic rings. The van der Waals surface area contributed by atoms with E-state index in [0.29, 0.717) is 12.3 Å². The Hall–Kier alpha value is -2.57. The fraction of sp³-hybridized carbons (Fsp3) is 0.409. The molecule has 0 radical (unpaired) electrons. The van der Waals surface area contributed by atoms with Gasteiger partial charge in [-0.2, -0.15) is 0 Å². The number of para-hydroxylation sites is 2. The summed E-state index contributed by atoms with van der Waals surface area (Å²) in [5.74, 6) is 1.79. The van der Waals surface area contributed by atoms with E-state index < -0.39 is 0 Å². The van der Waals surface area contributed by atoms with Crippen LogP contribution in [0.15, 0.2) is 42.5 Å². The maximum atomic E-state index is 12.4. The first-order chi connectivity index (χ1) is 13.7. The number of ether oxygens (including phenoxy) is 2. The molecule has 0 aliphatic carbocycles. The van der Waals surface area contributed by atoms with Gasteiger partial charge in [0.1, 0.15) is 44.2 Å². The van der Waals surface area contributed by atoms with Crippen LogP contribution in [-0.2, 0) is 17.8 Å². The van der Waals surface area contributed by atoms with E-state index in [-0.39, 0.29) is 5.91 Å². The van der Waals surface area contributed by atoms with Crippen LogP contribution in [0.2, 0.25) is 0 Å². The number of amides is 1. The van der Waals surface area contributed by atoms with Crippen LogP contribution >= 0.6 is 0 Å². The van der Waals surface area contributed by atoms with E-state index in [0.717, 1.165) is 57.2 Å². The van der Waals surface area contributed by atoms with Crippen molar-refractivity contribution in [2.45, 2.75) is 13.0 Å². The highest BCUT2D eigenvalue weighted by Gasteiger charge is 2.25. The molecule has 1 amide bonds. The number of rotatable bonds is 6. The average molecular weight is 383 g/mol. The Morgan fingerprint density at radius 2 is 1.89 bits per heavy atom. The third kappa shape index (κ3) is 4.46. The average Bonchev–Trinajstić information content (AvgIpc) is 3.18. The van der Waals surface area contributed by atoms with E-state index in [2.05, 4.69) is 23.5 Å². The van der Waals surface area contributed by atoms with Gasteiger partial charge in [-0.05, 0) is 35.9 Å². The van der Waals surface area contributed by atoms with Gasteiger partial charge in [0.2, 0.25) is 0 Å². The molecule has 0 spiro atoms. The van der Waals surface area contributed by atoms with Crippen molar-refractivity contribution in [1.82, 2.24) is 0 Å². The highest BCUT2D eigenvalue weighted by atomic mass is 16.5. The molecule has 6 heteroatoms. The van der Waals surface area contributed by atoms with E-state index >= 15 is 0 Å². The second kappa shape index (κ2) is 8.63. The number of quaternary nitrogens is 2. The molecule has 0 unspecified atom stereocenters. The van der Waals surface area contributed by atoms with Crippen LogP contribution in [0.3, 0.4) is 0 Å². The molecule has 2 aliphatic heterocycles. The van der Waals surface area contributed by atoms with Crippen molar-refractivity contribution in [3.8, 4) is 11.5 Å². The Morgan fingerprint density at radius 3 is 2.71 bits per heavy atom. The molecule has 148 valence electrons. The smallest absolute Gasteiger partial charge is 0.279 e. The minimum atomic E-state index is 0.0431. The number of piperazine rings is 1. The molecule has 1 saturated heterocycles. The van der Waals surface area contributed by atoms with Crippen molar-refractivity contribution in [3.05, 3.63) is 53.6 Å². The summed E-state index contributed by atoms with van der Waals surface area (Å²) >= 11 is 0. The predicted octanol–water partition coefficient (Wildman–Crippen LogP) is -0.448. The highest BCUT2D eigenvalue weighted by molar-refractivity contribution is 5.92. The lowest BCUT2D eigenvalue weighted by molar-refractivity contribution is -1.02. The van der Waals surface area contributed by atoms with Gasteiger partial charge in [0, 0.05) is 12.0 Å². The lowest BCUT2D eigenvalue weighted by Gasteiger charge is -2.29. The number of nitrogens with one attached hydrogen (secondary N) is 3. The Morgan fingerprint density at radius 1 is 1.11 bits per heavy atom. The van der Waals surface area contributed by atoms with E-state index in [1.165, 1.54) is 16.0 Å². The van der Waals surface area contributed by atoms with E-state index in [9.17, 15) is 4.79 Å². The zero-order valence-electron chi connectivity index (χ0n) is 16.4. The first kappa shape index (κ1) is 18.8. The van der Waals surface area contributed by atoms with Gasteiger partial charge in [-0.3, -0.25) is 4.79 Å². The van der Waals surface area contributed by atoms with Crippen molar-refractivity contribution in [1.29, 1.82) is 0 Å². The molecular weight excluding hydrogens is 354 g/mol. The predicted molar refractivity (Wildman–Crippen MR) is 107 cm³/mol. The molecule has 6 nitrogen and oxygen atoms in total. The minimum Gasteiger partial charge on any atom is -0.495 e. The fourth-order valence-electron chi connectivity index (χ4n) is 4.12. The molecule has 3 N–H and O–H groups in total. The zero-order chi connectivity index (χ0) is 19.3. The lowest BCUT2D eigenvalue weighted by Crippen LogP contribution is -3.28. The summed E-state index contributed by atoms with van der Waals surface area (Å²) in [5.41, 5.74) is 3.46. The molecule has 0 bridgehead atoms. The monoisotopic (exact) mass is 383 g/mol. The van der Waals surface area contributed by atoms with E-state index in [4.69, 9.17) is 9.47 Å². The second-order valence-corrected chi connectivity index (χ2v) is 7.64. The third-order valence-corrected chi connectivity index (χ3v) is 5.66. The van der Waals surface area contributed by atoms with Crippen molar-refractivity contribution < 1.29 is 24.1 Å². The zero-order valence-corrected chi connectivity index (χ0v) is 16.4. The standard InChI is InChI=1S/C22H27N3O3/c1-27-21-5-3-2-4-19(21)23-22(26)16-25-11-9-24(10-12-25)15-17-6-7-20-18(14-17)8-13-28-20/h2-7,14H,8-13,15-16H2,1H3,(H,23,26)/p+2. The number of benzene rings is 2. The van der Waals surface area contributed by atoms with Crippen molar-refractivity contribution in [2.24, 2.45) is 0 Å². The normalized spacial score (nSPS) is 20.9. The fourth-order valence-corrected chi connectivity index (χ4v) is 4.12. The number of carbonyl (C=O) groups is 1. The molecule has 2 aromatic rings. The molecular formula is C22H29N3O3+2. The number of fused-ring (bicyclic) bond motifs is 1. The first-order valence-electron chi connectivity index (χ1n) is 10.1. The Kier molecular flexibility index (Phi) is 5.78. The summed E-state index contributed by atoms with van der Waals surface area (Å²) in [7, 11) is 1.62. The van der Waals surface area contributed by atoms with Gasteiger partial charge < -0.3 is 24.6 Å². The van der Waals surface area contributed by atoms with Gasteiger partial charge in [-0.25, -0.2) is 0 Å². The van der Waals surface area contributed by atoms with Crippen LogP contribution in [0.25, 0.3) is 0 Å². The van der Waals surface area contributed by atoms with Gasteiger partial charge in [-0.15, -0.1) is 0 Å². The van der Waals surface area contributed by atoms with Gasteiger partial charge in [0.25, 0.3) is 5.91 Å². The van der Waals surface area contributed by atoms with Gasteiger partial charge in [0.05, 0.1) is 19.4 Å². The summed E-state index contributed by atoms with van der Waals surface area (Å²) in [6, 6.07) is 14.1. The minimum absolute atomic E-state index is 0.0431. The molecule has 2 aromatic carbocycles. The second-order valence-electron chi connectivity index (χ2n) is 7.64. The summed E-state index contributed by atoms with van der Waals surface area (Å²) in [4.78, 5) is 15.4. The number of carbonyl (C=O) groups excluding carboxylic acids is 1. The third-order valence-electron chi connectivity index (χ3n) is 5.66. The van der Waals surface area contributed by atoms with Crippen molar-refractivity contribution in [3.63, 3.8) is 0 Å². The number of hydrogen-bond donors (Lipinski definition) is 3. The van der Waals surface area contributed by atoms with Crippen LogP contribution < -0.4 is 24.6 Å². The quantitative estimate of drug-likeness (QED) is 0.634. The number of methoxy groups -OCH3 is 1. The highest BCUT2D eigenvalue weighted by Crippen LogP contribution is 2.25. The first-order valence-corrected chi connectivity index (χ1v) is 10.1. The van der Waals surface area contributed by atoms with Crippen molar-refractivity contribution >= 4 is 11.6 Å². The SMILES string of the molecule is COc1ccccc1NC(=O)C[NH+]1CC[NH+](Cc2ccc3c(c2)CCO3)CC1. The van der Waals surface area contributed by atoms with Gasteiger partial charge in [0.15, 0.2) is 6.54 Å². The van der Waals surface area contributed by atoms with Crippen LogP contribution in [0, 0.1) is 0 Å². The molecule has 28 heavy (non-hydrogen) atoms. The van der Waals surface area contributed by atoms with Crippen LogP contribution in [0.1, 0.15) is 11.1 Å². The van der Waals surface area contributed by atoms with Crippen LogP contribution in [0.4, 0.5) is 5.69 Å². The van der Waals surface area contributed by atoms with E-state index in [1.54, 1.807) is 12.0 Å². The largest absolute Gasteiger partial charge is 0.495 e. The lowest BCUT2D eigenvalue weighted by atomic mass is 10.1. The summed E-state index contributed by atoms with van der Waals surface area (Å²) in [6.45, 7) is 6.57. The summed E-state index contributed by atoms with van der Waals surface area (Å²) in [5, 5.41) is 2.98.